The molecule has 0 aliphatic carbocycles. The van der Waals surface area contributed by atoms with Crippen LogP contribution in [0.5, 0.6) is 0 Å². The van der Waals surface area contributed by atoms with Gasteiger partial charge in [0.1, 0.15) is 0 Å². The normalized spacial score (nSPS) is 25.1. The van der Waals surface area contributed by atoms with Gasteiger partial charge in [0, 0.05) is 12.8 Å². The van der Waals surface area contributed by atoms with Crippen molar-refractivity contribution in [2.24, 2.45) is 0 Å². The van der Waals surface area contributed by atoms with E-state index in [9.17, 15) is 30.4 Å². The Kier molecular flexibility index (Phi) is 5.78. The van der Waals surface area contributed by atoms with E-state index < -0.39 is 45.6 Å². The zero-order chi connectivity index (χ0) is 17.1. The maximum Gasteiger partial charge on any atom is 0.408 e. The van der Waals surface area contributed by atoms with E-state index in [1.807, 2.05) is 6.07 Å². The Morgan fingerprint density at radius 1 is 1.14 bits per heavy atom. The fourth-order valence-electron chi connectivity index (χ4n) is 2.06. The number of rotatable bonds is 8. The number of hydrogen-bond acceptors (Lipinski definition) is 4. The Morgan fingerprint density at radius 3 is 2.23 bits per heavy atom. The van der Waals surface area contributed by atoms with Crippen LogP contribution in [-0.4, -0.2) is 37.8 Å². The molecular formula is C12H16F5NO3S. The molecule has 22 heavy (non-hydrogen) atoms. The van der Waals surface area contributed by atoms with E-state index in [2.05, 4.69) is 4.74 Å². The summed E-state index contributed by atoms with van der Waals surface area (Å²) in [5.74, 6) is -10.5. The predicted octanol–water partition coefficient (Wildman–Crippen LogP) is 3.19. The molecule has 0 aromatic rings. The summed E-state index contributed by atoms with van der Waals surface area (Å²) in [6.45, 7) is -0.983. The van der Waals surface area contributed by atoms with Crippen molar-refractivity contribution in [2.45, 2.75) is 55.6 Å². The van der Waals surface area contributed by atoms with Crippen molar-refractivity contribution in [1.29, 1.82) is 5.26 Å². The van der Waals surface area contributed by atoms with Crippen LogP contribution < -0.4 is 0 Å². The Balaban J connectivity index is 2.73. The highest BCUT2D eigenvalue weighted by atomic mass is 32.2. The van der Waals surface area contributed by atoms with Crippen LogP contribution in [-0.2, 0) is 14.6 Å². The number of hydrogen-bond donors (Lipinski definition) is 0. The SMILES string of the molecule is N#CCCCCCCS(=O)(=O)C(F)(F)C1(F)OCCC1(F)F. The summed E-state index contributed by atoms with van der Waals surface area (Å²) in [4.78, 5) is 0. The molecule has 1 unspecified atom stereocenters. The molecule has 4 nitrogen and oxygen atoms in total. The van der Waals surface area contributed by atoms with E-state index in [4.69, 9.17) is 5.26 Å². The minimum atomic E-state index is -5.44. The van der Waals surface area contributed by atoms with Gasteiger partial charge in [-0.3, -0.25) is 0 Å². The molecule has 0 saturated carbocycles. The molecule has 0 N–H and O–H groups in total. The summed E-state index contributed by atoms with van der Waals surface area (Å²) in [7, 11) is -5.44. The Labute approximate surface area is 125 Å². The number of alkyl halides is 5. The third-order valence-corrected chi connectivity index (χ3v) is 5.27. The van der Waals surface area contributed by atoms with Gasteiger partial charge >= 0.3 is 17.0 Å². The number of nitriles is 1. The van der Waals surface area contributed by atoms with E-state index >= 15 is 0 Å². The van der Waals surface area contributed by atoms with Crippen molar-refractivity contribution in [3.8, 4) is 6.07 Å². The Bertz CT molecular complexity index is 531. The average Bonchev–Trinajstić information content (AvgIpc) is 2.69. The average molecular weight is 349 g/mol. The van der Waals surface area contributed by atoms with Crippen LogP contribution in [0, 0.1) is 11.3 Å². The van der Waals surface area contributed by atoms with Crippen molar-refractivity contribution in [3.05, 3.63) is 0 Å². The van der Waals surface area contributed by atoms with Gasteiger partial charge in [-0.1, -0.05) is 12.8 Å². The number of ether oxygens (including phenoxy) is 1. The lowest BCUT2D eigenvalue weighted by Gasteiger charge is -2.32. The third-order valence-electron chi connectivity index (χ3n) is 3.40. The summed E-state index contributed by atoms with van der Waals surface area (Å²) < 4.78 is 95.0. The molecule has 1 heterocycles. The second-order valence-corrected chi connectivity index (χ2v) is 7.21. The molecule has 0 bridgehead atoms. The van der Waals surface area contributed by atoms with Gasteiger partial charge in [0.25, 0.3) is 0 Å². The molecule has 1 aliphatic rings. The second kappa shape index (κ2) is 6.66. The predicted molar refractivity (Wildman–Crippen MR) is 66.8 cm³/mol. The molecule has 0 aromatic heterocycles. The maximum absolute atomic E-state index is 13.9. The number of unbranched alkanes of at least 4 members (excludes halogenated alkanes) is 4. The molecule has 0 radical (unpaired) electrons. The number of halogens is 5. The summed E-state index contributed by atoms with van der Waals surface area (Å²) >= 11 is 0. The van der Waals surface area contributed by atoms with Gasteiger partial charge in [0.15, 0.2) is 0 Å². The van der Waals surface area contributed by atoms with Crippen molar-refractivity contribution in [1.82, 2.24) is 0 Å². The van der Waals surface area contributed by atoms with Crippen LogP contribution in [0.1, 0.15) is 38.5 Å². The molecule has 0 amide bonds. The third kappa shape index (κ3) is 3.35. The largest absolute Gasteiger partial charge is 0.408 e. The minimum Gasteiger partial charge on any atom is -0.335 e. The molecule has 1 fully saturated rings. The van der Waals surface area contributed by atoms with Crippen molar-refractivity contribution >= 4 is 9.84 Å². The summed E-state index contributed by atoms with van der Waals surface area (Å²) in [5, 5.41) is 2.96. The zero-order valence-electron chi connectivity index (χ0n) is 11.6. The monoisotopic (exact) mass is 349 g/mol. The van der Waals surface area contributed by atoms with E-state index in [0.29, 0.717) is 12.8 Å². The fraction of sp³-hybridized carbons (Fsp3) is 0.917. The lowest BCUT2D eigenvalue weighted by atomic mass is 10.1. The van der Waals surface area contributed by atoms with Gasteiger partial charge in [-0.2, -0.15) is 27.2 Å². The summed E-state index contributed by atoms with van der Waals surface area (Å²) in [6, 6.07) is 1.86. The molecule has 10 heteroatoms. The van der Waals surface area contributed by atoms with E-state index in [0.717, 1.165) is 0 Å². The maximum atomic E-state index is 13.9. The molecule has 128 valence electrons. The van der Waals surface area contributed by atoms with Crippen LogP contribution in [0.15, 0.2) is 0 Å². The second-order valence-electron chi connectivity index (χ2n) is 5.06. The van der Waals surface area contributed by atoms with Gasteiger partial charge in [-0.15, -0.1) is 0 Å². The highest BCUT2D eigenvalue weighted by Gasteiger charge is 2.78. The minimum absolute atomic E-state index is 0.216. The Hall–Kier alpha value is -0.950. The summed E-state index contributed by atoms with van der Waals surface area (Å²) in [6.07, 6.45) is -0.166. The number of sulfone groups is 1. The smallest absolute Gasteiger partial charge is 0.335 e. The van der Waals surface area contributed by atoms with Gasteiger partial charge < -0.3 is 4.74 Å². The van der Waals surface area contributed by atoms with E-state index in [1.165, 1.54) is 0 Å². The van der Waals surface area contributed by atoms with Gasteiger partial charge in [0.05, 0.1) is 18.4 Å². The first-order chi connectivity index (χ1) is 10.0. The first-order valence-corrected chi connectivity index (χ1v) is 8.35. The molecule has 0 aromatic carbocycles. The zero-order valence-corrected chi connectivity index (χ0v) is 12.4. The van der Waals surface area contributed by atoms with Gasteiger partial charge in [-0.05, 0) is 12.8 Å². The van der Waals surface area contributed by atoms with Crippen molar-refractivity contribution < 1.29 is 35.1 Å². The van der Waals surface area contributed by atoms with Crippen LogP contribution in [0.25, 0.3) is 0 Å². The van der Waals surface area contributed by atoms with Crippen molar-refractivity contribution in [3.63, 3.8) is 0 Å². The molecule has 1 saturated heterocycles. The van der Waals surface area contributed by atoms with Crippen LogP contribution in [0.4, 0.5) is 22.0 Å². The standard InChI is InChI=1S/C12H16F5NO3S/c13-10(14)6-8-21-11(10,15)12(16,17)22(19,20)9-5-3-1-2-4-7-18/h1-6,8-9H2. The molecule has 1 atom stereocenters. The highest BCUT2D eigenvalue weighted by molar-refractivity contribution is 7.92. The first kappa shape index (κ1) is 19.1. The Morgan fingerprint density at radius 2 is 1.73 bits per heavy atom. The quantitative estimate of drug-likeness (QED) is 0.499. The molecule has 1 aliphatic heterocycles. The highest BCUT2D eigenvalue weighted by Crippen LogP contribution is 2.53. The fourth-order valence-corrected chi connectivity index (χ4v) is 3.51. The van der Waals surface area contributed by atoms with Crippen LogP contribution >= 0.6 is 0 Å². The van der Waals surface area contributed by atoms with Crippen molar-refractivity contribution in [2.75, 3.05) is 12.4 Å². The molecule has 1 rings (SSSR count). The van der Waals surface area contributed by atoms with E-state index in [-0.39, 0.29) is 19.3 Å². The number of nitrogens with zero attached hydrogens (tertiary/aromatic N) is 1. The van der Waals surface area contributed by atoms with Gasteiger partial charge in [-0.25, -0.2) is 8.42 Å². The summed E-state index contributed by atoms with van der Waals surface area (Å²) in [5.41, 5.74) is 0. The first-order valence-electron chi connectivity index (χ1n) is 6.69. The van der Waals surface area contributed by atoms with Crippen LogP contribution in [0.2, 0.25) is 0 Å². The van der Waals surface area contributed by atoms with Crippen LogP contribution in [0.3, 0.4) is 0 Å². The topological polar surface area (TPSA) is 67.2 Å². The lowest BCUT2D eigenvalue weighted by molar-refractivity contribution is -0.296. The lowest BCUT2D eigenvalue weighted by Crippen LogP contribution is -2.59. The molecule has 0 spiro atoms. The van der Waals surface area contributed by atoms with Gasteiger partial charge in [0.2, 0.25) is 9.84 Å². The van der Waals surface area contributed by atoms with E-state index in [1.54, 1.807) is 0 Å². The molecular weight excluding hydrogens is 333 g/mol.